The van der Waals surface area contributed by atoms with E-state index in [4.69, 9.17) is 4.74 Å². The van der Waals surface area contributed by atoms with Crippen LogP contribution in [0.3, 0.4) is 0 Å². The van der Waals surface area contributed by atoms with Gasteiger partial charge in [-0.25, -0.2) is 4.79 Å². The smallest absolute Gasteiger partial charge is 0.335 e. The predicted octanol–water partition coefficient (Wildman–Crippen LogP) is 2.29. The molecular formula is C19H24N2O5. The summed E-state index contributed by atoms with van der Waals surface area (Å²) in [5, 5.41) is 9.21. The molecule has 1 heterocycles. The number of ether oxygens (including phenoxy) is 1. The van der Waals surface area contributed by atoms with E-state index in [0.717, 1.165) is 25.7 Å². The van der Waals surface area contributed by atoms with E-state index >= 15 is 0 Å². The highest BCUT2D eigenvalue weighted by Gasteiger charge is 2.34. The van der Waals surface area contributed by atoms with Crippen LogP contribution in [0.15, 0.2) is 18.2 Å². The van der Waals surface area contributed by atoms with Crippen LogP contribution < -0.4 is 9.64 Å². The van der Waals surface area contributed by atoms with Crippen LogP contribution in [-0.4, -0.2) is 53.5 Å². The third kappa shape index (κ3) is 3.52. The van der Waals surface area contributed by atoms with Crippen LogP contribution in [-0.2, 0) is 9.59 Å². The Labute approximate surface area is 152 Å². The van der Waals surface area contributed by atoms with Gasteiger partial charge in [-0.3, -0.25) is 14.5 Å². The lowest BCUT2D eigenvalue weighted by atomic mass is 9.94. The normalized spacial score (nSPS) is 20.3. The van der Waals surface area contributed by atoms with Crippen molar-refractivity contribution in [3.05, 3.63) is 23.8 Å². The number of hydrogen-bond donors (Lipinski definition) is 1. The number of amides is 2. The molecule has 0 radical (unpaired) electrons. The summed E-state index contributed by atoms with van der Waals surface area (Å²) in [6.07, 6.45) is 4.67. The van der Waals surface area contributed by atoms with Gasteiger partial charge in [-0.1, -0.05) is 19.3 Å². The SMILES string of the molecule is CC1Oc2ccc(C(=O)O)cc2N(CC(=O)N(C)C2CCCCC2)C1=O. The molecular weight excluding hydrogens is 336 g/mol. The maximum absolute atomic E-state index is 12.8. The van der Waals surface area contributed by atoms with Crippen molar-refractivity contribution in [2.75, 3.05) is 18.5 Å². The summed E-state index contributed by atoms with van der Waals surface area (Å²) >= 11 is 0. The van der Waals surface area contributed by atoms with Crippen molar-refractivity contribution in [1.29, 1.82) is 0 Å². The molecule has 1 saturated carbocycles. The number of rotatable bonds is 4. The average Bonchev–Trinajstić information content (AvgIpc) is 2.65. The molecule has 0 bridgehead atoms. The van der Waals surface area contributed by atoms with Gasteiger partial charge in [-0.15, -0.1) is 0 Å². The van der Waals surface area contributed by atoms with Crippen LogP contribution in [0.1, 0.15) is 49.4 Å². The van der Waals surface area contributed by atoms with E-state index in [0.29, 0.717) is 11.4 Å². The minimum Gasteiger partial charge on any atom is -0.479 e. The number of fused-ring (bicyclic) bond motifs is 1. The summed E-state index contributed by atoms with van der Waals surface area (Å²) in [6.45, 7) is 1.51. The summed E-state index contributed by atoms with van der Waals surface area (Å²) in [5.41, 5.74) is 0.381. The standard InChI is InChI=1S/C19H24N2O5/c1-12-18(23)21(11-17(22)20(2)14-6-4-3-5-7-14)15-10-13(19(24)25)8-9-16(15)26-12/h8-10,12,14H,3-7,11H2,1-2H3,(H,24,25). The zero-order valence-electron chi connectivity index (χ0n) is 15.1. The number of carboxylic acid groups (broad SMARTS) is 1. The molecule has 3 rings (SSSR count). The Morgan fingerprint density at radius 3 is 2.62 bits per heavy atom. The summed E-state index contributed by atoms with van der Waals surface area (Å²) in [7, 11) is 1.78. The number of carboxylic acids is 1. The third-order valence-corrected chi connectivity index (χ3v) is 5.22. The lowest BCUT2D eigenvalue weighted by Crippen LogP contribution is -2.50. The Morgan fingerprint density at radius 1 is 1.27 bits per heavy atom. The average molecular weight is 360 g/mol. The number of nitrogens with zero attached hydrogens (tertiary/aromatic N) is 2. The van der Waals surface area contributed by atoms with Crippen molar-refractivity contribution < 1.29 is 24.2 Å². The molecule has 2 amide bonds. The zero-order chi connectivity index (χ0) is 18.8. The van der Waals surface area contributed by atoms with Crippen LogP contribution in [0.4, 0.5) is 5.69 Å². The molecule has 1 aliphatic heterocycles. The van der Waals surface area contributed by atoms with Crippen molar-refractivity contribution in [3.8, 4) is 5.75 Å². The van der Waals surface area contributed by atoms with Crippen molar-refractivity contribution in [3.63, 3.8) is 0 Å². The second-order valence-corrected chi connectivity index (χ2v) is 6.97. The van der Waals surface area contributed by atoms with Gasteiger partial charge in [0.2, 0.25) is 5.91 Å². The number of anilines is 1. The molecule has 26 heavy (non-hydrogen) atoms. The highest BCUT2D eigenvalue weighted by Crippen LogP contribution is 2.35. The Morgan fingerprint density at radius 2 is 1.96 bits per heavy atom. The van der Waals surface area contributed by atoms with Gasteiger partial charge in [0.1, 0.15) is 12.3 Å². The van der Waals surface area contributed by atoms with E-state index in [1.807, 2.05) is 0 Å². The van der Waals surface area contributed by atoms with E-state index in [2.05, 4.69) is 0 Å². The first-order valence-corrected chi connectivity index (χ1v) is 8.99. The molecule has 1 fully saturated rings. The van der Waals surface area contributed by atoms with Crippen molar-refractivity contribution in [2.24, 2.45) is 0 Å². The molecule has 0 aromatic heterocycles. The highest BCUT2D eigenvalue weighted by atomic mass is 16.5. The van der Waals surface area contributed by atoms with Gasteiger partial charge in [0, 0.05) is 13.1 Å². The second kappa shape index (κ2) is 7.35. The number of aromatic carboxylic acids is 1. The number of likely N-dealkylation sites (N-methyl/N-ethyl adjacent to an activating group) is 1. The summed E-state index contributed by atoms with van der Waals surface area (Å²) in [5.74, 6) is -1.17. The molecule has 7 heteroatoms. The molecule has 1 aromatic carbocycles. The molecule has 0 saturated heterocycles. The fourth-order valence-corrected chi connectivity index (χ4v) is 3.62. The molecule has 1 aromatic rings. The van der Waals surface area contributed by atoms with Gasteiger partial charge in [-0.2, -0.15) is 0 Å². The van der Waals surface area contributed by atoms with Gasteiger partial charge in [0.15, 0.2) is 6.10 Å². The van der Waals surface area contributed by atoms with Gasteiger partial charge in [0.05, 0.1) is 11.3 Å². The maximum Gasteiger partial charge on any atom is 0.335 e. The van der Waals surface area contributed by atoms with Crippen molar-refractivity contribution >= 4 is 23.5 Å². The molecule has 7 nitrogen and oxygen atoms in total. The van der Waals surface area contributed by atoms with Crippen LogP contribution >= 0.6 is 0 Å². The van der Waals surface area contributed by atoms with Crippen LogP contribution in [0.25, 0.3) is 0 Å². The van der Waals surface area contributed by atoms with Crippen LogP contribution in [0.2, 0.25) is 0 Å². The second-order valence-electron chi connectivity index (χ2n) is 6.97. The first kappa shape index (κ1) is 18.2. The Kier molecular flexibility index (Phi) is 5.15. The zero-order valence-corrected chi connectivity index (χ0v) is 15.1. The first-order valence-electron chi connectivity index (χ1n) is 8.99. The fourth-order valence-electron chi connectivity index (χ4n) is 3.62. The molecule has 1 aliphatic carbocycles. The summed E-state index contributed by atoms with van der Waals surface area (Å²) in [6, 6.07) is 4.55. The maximum atomic E-state index is 12.8. The Hall–Kier alpha value is -2.57. The predicted molar refractivity (Wildman–Crippen MR) is 95.5 cm³/mol. The number of carbonyl (C=O) groups is 3. The Balaban J connectivity index is 1.84. The highest BCUT2D eigenvalue weighted by molar-refractivity contribution is 6.04. The molecule has 2 aliphatic rings. The van der Waals surface area contributed by atoms with Crippen molar-refractivity contribution in [2.45, 2.75) is 51.2 Å². The summed E-state index contributed by atoms with van der Waals surface area (Å²) < 4.78 is 5.56. The lowest BCUT2D eigenvalue weighted by molar-refractivity contribution is -0.134. The number of carbonyl (C=O) groups excluding carboxylic acids is 2. The third-order valence-electron chi connectivity index (χ3n) is 5.22. The van der Waals surface area contributed by atoms with Gasteiger partial charge >= 0.3 is 5.97 Å². The summed E-state index contributed by atoms with van der Waals surface area (Å²) in [4.78, 5) is 39.7. The first-order chi connectivity index (χ1) is 12.4. The van der Waals surface area contributed by atoms with Crippen molar-refractivity contribution in [1.82, 2.24) is 4.90 Å². The quantitative estimate of drug-likeness (QED) is 0.890. The molecule has 1 unspecified atom stereocenters. The van der Waals surface area contributed by atoms with Gasteiger partial charge in [-0.05, 0) is 38.0 Å². The lowest BCUT2D eigenvalue weighted by Gasteiger charge is -2.36. The molecule has 1 atom stereocenters. The van der Waals surface area contributed by atoms with Gasteiger partial charge < -0.3 is 14.7 Å². The Bertz CT molecular complexity index is 727. The minimum absolute atomic E-state index is 0.0489. The van der Waals surface area contributed by atoms with Gasteiger partial charge in [0.25, 0.3) is 5.91 Å². The molecule has 0 spiro atoms. The van der Waals surface area contributed by atoms with E-state index in [9.17, 15) is 19.5 Å². The number of benzene rings is 1. The monoisotopic (exact) mass is 360 g/mol. The van der Waals surface area contributed by atoms with E-state index in [1.165, 1.54) is 29.5 Å². The van der Waals surface area contributed by atoms with Crippen LogP contribution in [0, 0.1) is 0 Å². The minimum atomic E-state index is -1.09. The molecule has 1 N–H and O–H groups in total. The topological polar surface area (TPSA) is 87.2 Å². The van der Waals surface area contributed by atoms with E-state index in [1.54, 1.807) is 18.9 Å². The largest absolute Gasteiger partial charge is 0.479 e. The number of hydrogen-bond acceptors (Lipinski definition) is 4. The fraction of sp³-hybridized carbons (Fsp3) is 0.526. The molecule has 140 valence electrons. The van der Waals surface area contributed by atoms with E-state index in [-0.39, 0.29) is 30.0 Å². The van der Waals surface area contributed by atoms with Crippen LogP contribution in [0.5, 0.6) is 5.75 Å². The van der Waals surface area contributed by atoms with E-state index < -0.39 is 12.1 Å².